The van der Waals surface area contributed by atoms with E-state index in [2.05, 4.69) is 15.5 Å². The SMILES string of the molecule is CC(Cn1nnnc1CC1CC2CCC1C2)C(=O)O. The van der Waals surface area contributed by atoms with Crippen LogP contribution in [0.15, 0.2) is 0 Å². The molecule has 0 saturated heterocycles. The van der Waals surface area contributed by atoms with Crippen LogP contribution in [0.2, 0.25) is 0 Å². The van der Waals surface area contributed by atoms with Crippen LogP contribution in [-0.4, -0.2) is 31.3 Å². The van der Waals surface area contributed by atoms with Gasteiger partial charge in [0.05, 0.1) is 12.5 Å². The summed E-state index contributed by atoms with van der Waals surface area (Å²) in [5.41, 5.74) is 0. The van der Waals surface area contributed by atoms with Crippen molar-refractivity contribution in [1.82, 2.24) is 20.2 Å². The van der Waals surface area contributed by atoms with E-state index in [4.69, 9.17) is 5.11 Å². The van der Waals surface area contributed by atoms with Gasteiger partial charge in [-0.1, -0.05) is 13.3 Å². The number of fused-ring (bicyclic) bond motifs is 2. The van der Waals surface area contributed by atoms with E-state index in [0.29, 0.717) is 12.5 Å². The molecule has 2 bridgehead atoms. The van der Waals surface area contributed by atoms with Gasteiger partial charge in [0.2, 0.25) is 0 Å². The second-order valence-corrected chi connectivity index (χ2v) is 6.16. The highest BCUT2D eigenvalue weighted by Crippen LogP contribution is 2.49. The molecule has 2 saturated carbocycles. The summed E-state index contributed by atoms with van der Waals surface area (Å²) in [5, 5.41) is 20.7. The molecular formula is C13H20N4O2. The highest BCUT2D eigenvalue weighted by Gasteiger charge is 2.40. The Morgan fingerprint density at radius 1 is 1.47 bits per heavy atom. The minimum Gasteiger partial charge on any atom is -0.481 e. The number of aromatic nitrogens is 4. The highest BCUT2D eigenvalue weighted by molar-refractivity contribution is 5.69. The first kappa shape index (κ1) is 12.6. The van der Waals surface area contributed by atoms with Crippen molar-refractivity contribution in [3.63, 3.8) is 0 Å². The van der Waals surface area contributed by atoms with Crippen LogP contribution in [0.5, 0.6) is 0 Å². The molecule has 1 N–H and O–H groups in total. The third kappa shape index (κ3) is 2.48. The Balaban J connectivity index is 1.65. The summed E-state index contributed by atoms with van der Waals surface area (Å²) < 4.78 is 1.67. The lowest BCUT2D eigenvalue weighted by molar-refractivity contribution is -0.141. The molecule has 2 aliphatic carbocycles. The third-order valence-corrected chi connectivity index (χ3v) is 4.80. The van der Waals surface area contributed by atoms with Crippen LogP contribution in [0, 0.1) is 23.7 Å². The molecule has 0 spiro atoms. The second-order valence-electron chi connectivity index (χ2n) is 6.16. The molecule has 1 heterocycles. The van der Waals surface area contributed by atoms with Crippen molar-refractivity contribution < 1.29 is 9.90 Å². The van der Waals surface area contributed by atoms with Crippen molar-refractivity contribution in [3.8, 4) is 0 Å². The second kappa shape index (κ2) is 4.90. The molecule has 3 rings (SSSR count). The first-order valence-electron chi connectivity index (χ1n) is 7.11. The topological polar surface area (TPSA) is 80.9 Å². The van der Waals surface area contributed by atoms with Gasteiger partial charge in [-0.15, -0.1) is 5.10 Å². The number of carboxylic acids is 1. The maximum absolute atomic E-state index is 10.9. The van der Waals surface area contributed by atoms with Gasteiger partial charge in [0.25, 0.3) is 0 Å². The van der Waals surface area contributed by atoms with Gasteiger partial charge in [0, 0.05) is 6.42 Å². The molecule has 6 heteroatoms. The molecule has 2 aliphatic rings. The van der Waals surface area contributed by atoms with E-state index in [0.717, 1.165) is 24.1 Å². The molecule has 0 radical (unpaired) electrons. The quantitative estimate of drug-likeness (QED) is 0.868. The standard InChI is InChI=1S/C13H20N4O2/c1-8(13(18)19)7-17-12(14-15-16-17)6-11-5-9-2-3-10(11)4-9/h8-11H,2-7H2,1H3,(H,18,19). The van der Waals surface area contributed by atoms with Crippen LogP contribution in [0.4, 0.5) is 0 Å². The number of hydrogen-bond donors (Lipinski definition) is 1. The van der Waals surface area contributed by atoms with Crippen LogP contribution in [0.1, 0.15) is 38.4 Å². The zero-order valence-corrected chi connectivity index (χ0v) is 11.2. The van der Waals surface area contributed by atoms with E-state index in [1.54, 1.807) is 11.6 Å². The molecule has 6 nitrogen and oxygen atoms in total. The molecule has 1 aromatic heterocycles. The minimum absolute atomic E-state index is 0.360. The van der Waals surface area contributed by atoms with Crippen molar-refractivity contribution in [2.75, 3.05) is 0 Å². The molecule has 0 aliphatic heterocycles. The highest BCUT2D eigenvalue weighted by atomic mass is 16.4. The smallest absolute Gasteiger partial charge is 0.308 e. The van der Waals surface area contributed by atoms with E-state index >= 15 is 0 Å². The van der Waals surface area contributed by atoms with Gasteiger partial charge in [0.1, 0.15) is 0 Å². The van der Waals surface area contributed by atoms with Crippen molar-refractivity contribution in [2.45, 2.75) is 45.6 Å². The summed E-state index contributed by atoms with van der Waals surface area (Å²) in [6.07, 6.45) is 6.31. The number of carboxylic acid groups (broad SMARTS) is 1. The lowest BCUT2D eigenvalue weighted by Gasteiger charge is -2.21. The molecule has 2 fully saturated rings. The molecular weight excluding hydrogens is 244 g/mol. The van der Waals surface area contributed by atoms with Gasteiger partial charge >= 0.3 is 5.97 Å². The van der Waals surface area contributed by atoms with Crippen LogP contribution in [0.3, 0.4) is 0 Å². The Hall–Kier alpha value is -1.46. The molecule has 4 atom stereocenters. The van der Waals surface area contributed by atoms with Crippen molar-refractivity contribution >= 4 is 5.97 Å². The van der Waals surface area contributed by atoms with Crippen LogP contribution < -0.4 is 0 Å². The summed E-state index contributed by atoms with van der Waals surface area (Å²) in [4.78, 5) is 10.9. The molecule has 4 unspecified atom stereocenters. The Bertz CT molecular complexity index is 473. The summed E-state index contributed by atoms with van der Waals surface area (Å²) in [6, 6.07) is 0. The number of carbonyl (C=O) groups is 1. The largest absolute Gasteiger partial charge is 0.481 e. The molecule has 1 aromatic rings. The van der Waals surface area contributed by atoms with E-state index in [1.165, 1.54) is 25.7 Å². The number of tetrazole rings is 1. The van der Waals surface area contributed by atoms with Crippen LogP contribution in [-0.2, 0) is 17.8 Å². The van der Waals surface area contributed by atoms with Crippen molar-refractivity contribution in [3.05, 3.63) is 5.82 Å². The Kier molecular flexibility index (Phi) is 3.24. The fourth-order valence-corrected chi connectivity index (χ4v) is 3.71. The maximum atomic E-state index is 10.9. The molecule has 0 amide bonds. The van der Waals surface area contributed by atoms with Gasteiger partial charge in [-0.2, -0.15) is 0 Å². The van der Waals surface area contributed by atoms with Crippen LogP contribution >= 0.6 is 0 Å². The van der Waals surface area contributed by atoms with Gasteiger partial charge in [-0.05, 0) is 47.4 Å². The van der Waals surface area contributed by atoms with E-state index in [1.807, 2.05) is 0 Å². The fourth-order valence-electron chi connectivity index (χ4n) is 3.71. The van der Waals surface area contributed by atoms with Crippen molar-refractivity contribution in [1.29, 1.82) is 0 Å². The molecule has 104 valence electrons. The first-order valence-corrected chi connectivity index (χ1v) is 7.11. The zero-order chi connectivity index (χ0) is 13.4. The average Bonchev–Trinajstić information content (AvgIpc) is 3.06. The van der Waals surface area contributed by atoms with E-state index < -0.39 is 11.9 Å². The average molecular weight is 264 g/mol. The maximum Gasteiger partial charge on any atom is 0.308 e. The van der Waals surface area contributed by atoms with E-state index in [-0.39, 0.29) is 0 Å². The monoisotopic (exact) mass is 264 g/mol. The lowest BCUT2D eigenvalue weighted by Crippen LogP contribution is -2.21. The lowest BCUT2D eigenvalue weighted by atomic mass is 9.86. The predicted octanol–water partition coefficient (Wildman–Crippen LogP) is 1.37. The zero-order valence-electron chi connectivity index (χ0n) is 11.2. The van der Waals surface area contributed by atoms with Crippen molar-refractivity contribution in [2.24, 2.45) is 23.7 Å². The van der Waals surface area contributed by atoms with Crippen LogP contribution in [0.25, 0.3) is 0 Å². The Morgan fingerprint density at radius 3 is 2.95 bits per heavy atom. The fraction of sp³-hybridized carbons (Fsp3) is 0.846. The van der Waals surface area contributed by atoms with Gasteiger partial charge in [0.15, 0.2) is 5.82 Å². The summed E-state index contributed by atoms with van der Waals surface area (Å²) in [5.74, 6) is 2.04. The molecule has 0 aromatic carbocycles. The van der Waals surface area contributed by atoms with Gasteiger partial charge in [-0.3, -0.25) is 4.79 Å². The predicted molar refractivity (Wildman–Crippen MR) is 67.3 cm³/mol. The number of hydrogen-bond acceptors (Lipinski definition) is 4. The summed E-state index contributed by atoms with van der Waals surface area (Å²) in [7, 11) is 0. The van der Waals surface area contributed by atoms with E-state index in [9.17, 15) is 4.79 Å². The van der Waals surface area contributed by atoms with Gasteiger partial charge in [-0.25, -0.2) is 4.68 Å². The first-order chi connectivity index (χ1) is 9.13. The third-order valence-electron chi connectivity index (χ3n) is 4.80. The Labute approximate surface area is 112 Å². The number of nitrogens with zero attached hydrogens (tertiary/aromatic N) is 4. The minimum atomic E-state index is -0.804. The summed E-state index contributed by atoms with van der Waals surface area (Å²) in [6.45, 7) is 2.05. The number of rotatable bonds is 5. The summed E-state index contributed by atoms with van der Waals surface area (Å²) >= 11 is 0. The Morgan fingerprint density at radius 2 is 2.32 bits per heavy atom. The number of aliphatic carboxylic acids is 1. The molecule has 19 heavy (non-hydrogen) atoms. The normalized spacial score (nSPS) is 30.7. The van der Waals surface area contributed by atoms with Gasteiger partial charge < -0.3 is 5.11 Å².